The van der Waals surface area contributed by atoms with Gasteiger partial charge in [0.05, 0.1) is 17.9 Å². The van der Waals surface area contributed by atoms with Crippen molar-refractivity contribution in [1.29, 1.82) is 0 Å². The lowest BCUT2D eigenvalue weighted by molar-refractivity contribution is -0.137. The quantitative estimate of drug-likeness (QED) is 0.410. The minimum atomic E-state index is -4.42. The Bertz CT molecular complexity index is 1100. The fraction of sp³-hybridized carbons (Fsp3) is 0.261. The average molecular weight is 459 g/mol. The van der Waals surface area contributed by atoms with E-state index in [9.17, 15) is 18.0 Å². The maximum absolute atomic E-state index is 12.7. The molecule has 1 unspecified atom stereocenters. The Kier molecular flexibility index (Phi) is 7.95. The normalized spacial score (nSPS) is 12.0. The number of alkyl halides is 3. The van der Waals surface area contributed by atoms with Crippen LogP contribution in [0.3, 0.4) is 0 Å². The third-order valence-corrected chi connectivity index (χ3v) is 5.24. The van der Waals surface area contributed by atoms with Crippen molar-refractivity contribution < 1.29 is 22.4 Å². The topological polar surface area (TPSA) is 68.0 Å². The molecule has 0 radical (unpaired) electrons. The van der Waals surface area contributed by atoms with Crippen LogP contribution in [0.25, 0.3) is 0 Å². The molecule has 0 aliphatic carbocycles. The molecule has 9 heteroatoms. The van der Waals surface area contributed by atoms with E-state index in [2.05, 4.69) is 34.3 Å². The lowest BCUT2D eigenvalue weighted by Gasteiger charge is -2.08. The van der Waals surface area contributed by atoms with E-state index in [1.165, 1.54) is 17.7 Å². The third kappa shape index (κ3) is 7.17. The number of nitrogens with one attached hydrogen (secondary N) is 1. The molecular formula is C23H20F3N3O2S. The number of benzene rings is 2. The molecule has 0 aliphatic rings. The van der Waals surface area contributed by atoms with Crippen LogP contribution in [0.15, 0.2) is 64.2 Å². The van der Waals surface area contributed by atoms with Crippen LogP contribution in [0.2, 0.25) is 0 Å². The zero-order valence-electron chi connectivity index (χ0n) is 17.1. The predicted octanol–water partition coefficient (Wildman–Crippen LogP) is 4.69. The molecule has 5 nitrogen and oxygen atoms in total. The van der Waals surface area contributed by atoms with Crippen molar-refractivity contribution in [1.82, 2.24) is 15.5 Å². The number of halogens is 3. The van der Waals surface area contributed by atoms with Gasteiger partial charge in [-0.05, 0) is 29.7 Å². The summed E-state index contributed by atoms with van der Waals surface area (Å²) >= 11 is 1.11. The van der Waals surface area contributed by atoms with Gasteiger partial charge in [0.25, 0.3) is 5.22 Å². The van der Waals surface area contributed by atoms with E-state index in [-0.39, 0.29) is 29.7 Å². The maximum atomic E-state index is 12.7. The number of aromatic nitrogens is 2. The highest BCUT2D eigenvalue weighted by atomic mass is 32.2. The van der Waals surface area contributed by atoms with Crippen molar-refractivity contribution in [2.24, 2.45) is 0 Å². The monoisotopic (exact) mass is 459 g/mol. The molecule has 166 valence electrons. The number of hydrogen-bond donors (Lipinski definition) is 1. The van der Waals surface area contributed by atoms with Gasteiger partial charge in [-0.2, -0.15) is 13.2 Å². The minimum absolute atomic E-state index is 0.0132. The molecule has 3 aromatic rings. The summed E-state index contributed by atoms with van der Waals surface area (Å²) in [4.78, 5) is 11.9. The second kappa shape index (κ2) is 10.9. The van der Waals surface area contributed by atoms with Crippen molar-refractivity contribution in [3.8, 4) is 11.8 Å². The summed E-state index contributed by atoms with van der Waals surface area (Å²) in [6.07, 6.45) is -3.83. The molecule has 0 bridgehead atoms. The summed E-state index contributed by atoms with van der Waals surface area (Å²) in [6.45, 7) is 2.08. The Morgan fingerprint density at radius 2 is 1.94 bits per heavy atom. The largest absolute Gasteiger partial charge is 0.416 e. The zero-order valence-corrected chi connectivity index (χ0v) is 18.0. The summed E-state index contributed by atoms with van der Waals surface area (Å²) in [7, 11) is 0. The fourth-order valence-electron chi connectivity index (χ4n) is 2.78. The van der Waals surface area contributed by atoms with Crippen LogP contribution in [-0.2, 0) is 17.4 Å². The number of amides is 1. The van der Waals surface area contributed by atoms with E-state index >= 15 is 0 Å². The third-order valence-electron chi connectivity index (χ3n) is 4.42. The summed E-state index contributed by atoms with van der Waals surface area (Å²) in [6, 6.07) is 14.7. The summed E-state index contributed by atoms with van der Waals surface area (Å²) in [5.74, 6) is 5.72. The van der Waals surface area contributed by atoms with Gasteiger partial charge >= 0.3 is 6.18 Å². The Balaban J connectivity index is 1.42. The molecule has 2 aromatic carbocycles. The van der Waals surface area contributed by atoms with Crippen LogP contribution in [0.1, 0.15) is 35.4 Å². The van der Waals surface area contributed by atoms with Crippen LogP contribution in [0.4, 0.5) is 13.2 Å². The van der Waals surface area contributed by atoms with Crippen molar-refractivity contribution in [3.05, 3.63) is 77.2 Å². The van der Waals surface area contributed by atoms with Crippen molar-refractivity contribution in [3.63, 3.8) is 0 Å². The fourth-order valence-corrected chi connectivity index (χ4v) is 3.39. The predicted molar refractivity (Wildman–Crippen MR) is 115 cm³/mol. The molecule has 0 saturated carbocycles. The number of hydrogen-bond acceptors (Lipinski definition) is 5. The van der Waals surface area contributed by atoms with Gasteiger partial charge in [-0.15, -0.1) is 10.2 Å². The molecule has 1 atom stereocenters. The van der Waals surface area contributed by atoms with E-state index in [1.54, 1.807) is 0 Å². The van der Waals surface area contributed by atoms with Gasteiger partial charge in [0.1, 0.15) is 0 Å². The number of thioether (sulfide) groups is 1. The highest BCUT2D eigenvalue weighted by molar-refractivity contribution is 7.99. The number of rotatable bonds is 7. The zero-order chi connectivity index (χ0) is 23.0. The van der Waals surface area contributed by atoms with Gasteiger partial charge in [0, 0.05) is 12.0 Å². The molecule has 3 rings (SSSR count). The standard InChI is InChI=1S/C23H20F3N3O2S/c1-16(18-9-3-2-4-10-18)13-21-28-29-22(31-21)32-15-20(30)27-12-6-8-17-7-5-11-19(14-17)23(24,25)26/h2-5,7,9-11,14,16H,12-13,15H2,1H3,(H,27,30). The second-order valence-corrected chi connectivity index (χ2v) is 7.85. The van der Waals surface area contributed by atoms with Crippen LogP contribution in [0, 0.1) is 11.8 Å². The van der Waals surface area contributed by atoms with E-state index in [0.717, 1.165) is 23.9 Å². The molecular weight excluding hydrogens is 439 g/mol. The molecule has 0 spiro atoms. The van der Waals surface area contributed by atoms with Crippen LogP contribution in [-0.4, -0.2) is 28.4 Å². The first kappa shape index (κ1) is 23.4. The van der Waals surface area contributed by atoms with E-state index in [0.29, 0.717) is 17.5 Å². The first-order valence-corrected chi connectivity index (χ1v) is 10.7. The van der Waals surface area contributed by atoms with E-state index < -0.39 is 11.7 Å². The summed E-state index contributed by atoms with van der Waals surface area (Å²) < 4.78 is 43.7. The molecule has 1 heterocycles. The Morgan fingerprint density at radius 3 is 2.69 bits per heavy atom. The summed E-state index contributed by atoms with van der Waals surface area (Å²) in [5, 5.41) is 10.8. The van der Waals surface area contributed by atoms with Crippen molar-refractivity contribution in [2.75, 3.05) is 12.3 Å². The first-order chi connectivity index (χ1) is 15.3. The number of carbonyl (C=O) groups is 1. The molecule has 0 aliphatic heterocycles. The first-order valence-electron chi connectivity index (χ1n) is 9.74. The summed E-state index contributed by atoms with van der Waals surface area (Å²) in [5.41, 5.74) is 0.638. The van der Waals surface area contributed by atoms with Gasteiger partial charge in [0.15, 0.2) is 0 Å². The Labute approximate surface area is 187 Å². The van der Waals surface area contributed by atoms with Crippen molar-refractivity contribution >= 4 is 17.7 Å². The van der Waals surface area contributed by atoms with Crippen molar-refractivity contribution in [2.45, 2.75) is 30.7 Å². The van der Waals surface area contributed by atoms with E-state index in [4.69, 9.17) is 4.42 Å². The molecule has 32 heavy (non-hydrogen) atoms. The van der Waals surface area contributed by atoms with Gasteiger partial charge in [-0.1, -0.05) is 66.9 Å². The molecule has 0 saturated heterocycles. The van der Waals surface area contributed by atoms with Crippen LogP contribution < -0.4 is 5.32 Å². The molecule has 1 aromatic heterocycles. The Morgan fingerprint density at radius 1 is 1.16 bits per heavy atom. The SMILES string of the molecule is CC(Cc1nnc(SCC(=O)NCC#Cc2cccc(C(F)(F)F)c2)o1)c1ccccc1. The van der Waals surface area contributed by atoms with Gasteiger partial charge in [-0.3, -0.25) is 4.79 Å². The second-order valence-electron chi connectivity index (χ2n) is 6.92. The maximum Gasteiger partial charge on any atom is 0.416 e. The highest BCUT2D eigenvalue weighted by Gasteiger charge is 2.30. The van der Waals surface area contributed by atoms with Gasteiger partial charge in [0.2, 0.25) is 11.8 Å². The van der Waals surface area contributed by atoms with Crippen LogP contribution >= 0.6 is 11.8 Å². The van der Waals surface area contributed by atoms with Gasteiger partial charge in [-0.25, -0.2) is 0 Å². The molecule has 0 fully saturated rings. The van der Waals surface area contributed by atoms with Gasteiger partial charge < -0.3 is 9.73 Å². The lowest BCUT2D eigenvalue weighted by Crippen LogP contribution is -2.25. The molecule has 1 amide bonds. The lowest BCUT2D eigenvalue weighted by atomic mass is 9.98. The Hall–Kier alpha value is -3.25. The van der Waals surface area contributed by atoms with E-state index in [1.807, 2.05) is 30.3 Å². The number of nitrogens with zero attached hydrogens (tertiary/aromatic N) is 2. The average Bonchev–Trinajstić information content (AvgIpc) is 3.23. The minimum Gasteiger partial charge on any atom is -0.416 e. The van der Waals surface area contributed by atoms with Crippen LogP contribution in [0.5, 0.6) is 0 Å². The highest BCUT2D eigenvalue weighted by Crippen LogP contribution is 2.29. The number of carbonyl (C=O) groups excluding carboxylic acids is 1. The molecule has 1 N–H and O–H groups in total. The smallest absolute Gasteiger partial charge is 0.416 e.